The Balaban J connectivity index is 2.08. The van der Waals surface area contributed by atoms with E-state index in [1.54, 1.807) is 19.2 Å². The van der Waals surface area contributed by atoms with Crippen molar-refractivity contribution in [1.82, 2.24) is 9.78 Å². The van der Waals surface area contributed by atoms with Crippen molar-refractivity contribution in [2.75, 3.05) is 20.3 Å². The predicted octanol–water partition coefficient (Wildman–Crippen LogP) is 3.59. The largest absolute Gasteiger partial charge is 0.385 e. The first-order valence-corrected chi connectivity index (χ1v) is 9.18. The molecule has 2 aromatic carbocycles. The van der Waals surface area contributed by atoms with E-state index in [4.69, 9.17) is 4.74 Å². The summed E-state index contributed by atoms with van der Waals surface area (Å²) < 4.78 is 6.43. The van der Waals surface area contributed by atoms with Gasteiger partial charge in [0.05, 0.1) is 21.9 Å². The van der Waals surface area contributed by atoms with Crippen LogP contribution in [0.3, 0.4) is 0 Å². The van der Waals surface area contributed by atoms with Crippen LogP contribution < -0.4 is 5.56 Å². The van der Waals surface area contributed by atoms with Crippen LogP contribution >= 0.6 is 0 Å². The molecule has 0 saturated carbocycles. The minimum Gasteiger partial charge on any atom is -0.385 e. The lowest BCUT2D eigenvalue weighted by Crippen LogP contribution is -2.19. The summed E-state index contributed by atoms with van der Waals surface area (Å²) in [5, 5.41) is 14.0. The SMILES string of the molecule is COCCCN=C(C)c1c(-c2ccccc2)[nH]n(-c2ccc([N+](=O)[O-])cc2)c1=O. The number of methoxy groups -OCH3 is 1. The van der Waals surface area contributed by atoms with Crippen LogP contribution in [-0.2, 0) is 4.74 Å². The molecule has 0 bridgehead atoms. The first kappa shape index (κ1) is 20.2. The molecule has 0 fully saturated rings. The second-order valence-electron chi connectivity index (χ2n) is 6.46. The van der Waals surface area contributed by atoms with Crippen LogP contribution in [0.15, 0.2) is 64.4 Å². The Labute approximate surface area is 167 Å². The van der Waals surface area contributed by atoms with Crippen LogP contribution in [0, 0.1) is 10.1 Å². The Morgan fingerprint density at radius 2 is 1.86 bits per heavy atom. The summed E-state index contributed by atoms with van der Waals surface area (Å²) in [6.45, 7) is 2.96. The van der Waals surface area contributed by atoms with Gasteiger partial charge in [0.25, 0.3) is 11.2 Å². The molecule has 1 aromatic heterocycles. The van der Waals surface area contributed by atoms with Gasteiger partial charge in [0.2, 0.25) is 0 Å². The van der Waals surface area contributed by atoms with Crippen molar-refractivity contribution in [3.63, 3.8) is 0 Å². The number of rotatable bonds is 8. The third-order valence-electron chi connectivity index (χ3n) is 4.49. The van der Waals surface area contributed by atoms with Crippen molar-refractivity contribution in [1.29, 1.82) is 0 Å². The molecule has 1 N–H and O–H groups in total. The average Bonchev–Trinajstić information content (AvgIpc) is 3.09. The smallest absolute Gasteiger partial charge is 0.280 e. The molecular formula is C21H22N4O4. The summed E-state index contributed by atoms with van der Waals surface area (Å²) in [7, 11) is 1.64. The second-order valence-corrected chi connectivity index (χ2v) is 6.46. The van der Waals surface area contributed by atoms with E-state index in [2.05, 4.69) is 10.1 Å². The van der Waals surface area contributed by atoms with E-state index in [-0.39, 0.29) is 11.2 Å². The maximum atomic E-state index is 13.2. The predicted molar refractivity (Wildman–Crippen MR) is 112 cm³/mol. The Morgan fingerprint density at radius 3 is 2.48 bits per heavy atom. The van der Waals surface area contributed by atoms with Crippen LogP contribution in [0.2, 0.25) is 0 Å². The molecule has 0 aliphatic heterocycles. The van der Waals surface area contributed by atoms with Gasteiger partial charge in [0.1, 0.15) is 0 Å². The monoisotopic (exact) mass is 394 g/mol. The standard InChI is InChI=1S/C21H22N4O4/c1-15(22-13-6-14-29-2)19-20(16-7-4-3-5-8-16)23-24(21(19)26)17-9-11-18(12-10-17)25(27)28/h3-5,7-12,23H,6,13-14H2,1-2H3. The van der Waals surface area contributed by atoms with E-state index in [1.807, 2.05) is 37.3 Å². The van der Waals surface area contributed by atoms with E-state index >= 15 is 0 Å². The topological polar surface area (TPSA) is 103 Å². The van der Waals surface area contributed by atoms with Crippen LogP contribution in [0.25, 0.3) is 16.9 Å². The number of aromatic nitrogens is 2. The van der Waals surface area contributed by atoms with Crippen molar-refractivity contribution in [3.05, 3.63) is 80.6 Å². The van der Waals surface area contributed by atoms with E-state index in [1.165, 1.54) is 16.8 Å². The van der Waals surface area contributed by atoms with Gasteiger partial charge < -0.3 is 4.74 Å². The molecule has 8 nitrogen and oxygen atoms in total. The van der Waals surface area contributed by atoms with E-state index in [9.17, 15) is 14.9 Å². The first-order chi connectivity index (χ1) is 14.0. The molecule has 8 heteroatoms. The quantitative estimate of drug-likeness (QED) is 0.273. The van der Waals surface area contributed by atoms with Crippen LogP contribution in [-0.4, -0.2) is 40.7 Å². The van der Waals surface area contributed by atoms with Crippen molar-refractivity contribution >= 4 is 11.4 Å². The first-order valence-electron chi connectivity index (χ1n) is 9.18. The number of benzene rings is 2. The number of nitrogens with one attached hydrogen (secondary N) is 1. The molecule has 0 radical (unpaired) electrons. The molecule has 0 atom stereocenters. The van der Waals surface area contributed by atoms with Crippen molar-refractivity contribution in [3.8, 4) is 16.9 Å². The lowest BCUT2D eigenvalue weighted by atomic mass is 10.1. The Hall–Kier alpha value is -3.52. The Kier molecular flexibility index (Phi) is 6.36. The summed E-state index contributed by atoms with van der Waals surface area (Å²) in [5.74, 6) is 0. The van der Waals surface area contributed by atoms with E-state index in [0.29, 0.717) is 35.8 Å². The van der Waals surface area contributed by atoms with E-state index in [0.717, 1.165) is 12.0 Å². The highest BCUT2D eigenvalue weighted by molar-refractivity contribution is 6.03. The number of hydrogen-bond donors (Lipinski definition) is 1. The maximum Gasteiger partial charge on any atom is 0.280 e. The number of nitro benzene ring substituents is 1. The minimum absolute atomic E-state index is 0.0345. The highest BCUT2D eigenvalue weighted by Crippen LogP contribution is 2.22. The van der Waals surface area contributed by atoms with Gasteiger partial charge in [0.15, 0.2) is 0 Å². The summed E-state index contributed by atoms with van der Waals surface area (Å²) in [4.78, 5) is 28.2. The van der Waals surface area contributed by atoms with Gasteiger partial charge >= 0.3 is 0 Å². The van der Waals surface area contributed by atoms with Gasteiger partial charge in [-0.2, -0.15) is 0 Å². The van der Waals surface area contributed by atoms with Crippen LogP contribution in [0.1, 0.15) is 18.9 Å². The summed E-state index contributed by atoms with van der Waals surface area (Å²) in [6, 6.07) is 15.3. The van der Waals surface area contributed by atoms with Gasteiger partial charge in [-0.3, -0.25) is 25.0 Å². The molecule has 0 amide bonds. The number of aromatic amines is 1. The fraction of sp³-hybridized carbons (Fsp3) is 0.238. The third kappa shape index (κ3) is 4.49. The number of non-ortho nitro benzene ring substituents is 1. The van der Waals surface area contributed by atoms with Crippen molar-refractivity contribution < 1.29 is 9.66 Å². The van der Waals surface area contributed by atoms with E-state index < -0.39 is 4.92 Å². The normalized spacial score (nSPS) is 11.6. The molecule has 0 aliphatic carbocycles. The second kappa shape index (κ2) is 9.11. The molecular weight excluding hydrogens is 372 g/mol. The number of nitro groups is 1. The Bertz CT molecular complexity index is 1070. The van der Waals surface area contributed by atoms with Crippen LogP contribution in [0.5, 0.6) is 0 Å². The third-order valence-corrected chi connectivity index (χ3v) is 4.49. The highest BCUT2D eigenvalue weighted by Gasteiger charge is 2.19. The van der Waals surface area contributed by atoms with Crippen molar-refractivity contribution in [2.45, 2.75) is 13.3 Å². The van der Waals surface area contributed by atoms with Crippen LogP contribution in [0.4, 0.5) is 5.69 Å². The number of hydrogen-bond acceptors (Lipinski definition) is 5. The number of H-pyrrole nitrogens is 1. The lowest BCUT2D eigenvalue weighted by molar-refractivity contribution is -0.384. The Morgan fingerprint density at radius 1 is 1.17 bits per heavy atom. The molecule has 0 saturated heterocycles. The zero-order chi connectivity index (χ0) is 20.8. The van der Waals surface area contributed by atoms with Gasteiger partial charge in [-0.1, -0.05) is 30.3 Å². The molecule has 3 rings (SSSR count). The zero-order valence-corrected chi connectivity index (χ0v) is 16.3. The summed E-state index contributed by atoms with van der Waals surface area (Å²) in [6.07, 6.45) is 0.759. The fourth-order valence-electron chi connectivity index (χ4n) is 3.03. The maximum absolute atomic E-state index is 13.2. The number of nitrogens with zero attached hydrogens (tertiary/aromatic N) is 3. The molecule has 0 unspecified atom stereocenters. The lowest BCUT2D eigenvalue weighted by Gasteiger charge is -2.03. The summed E-state index contributed by atoms with van der Waals surface area (Å²) >= 11 is 0. The molecule has 3 aromatic rings. The van der Waals surface area contributed by atoms with Gasteiger partial charge in [-0.15, -0.1) is 0 Å². The highest BCUT2D eigenvalue weighted by atomic mass is 16.6. The number of ether oxygens (including phenoxy) is 1. The fourth-order valence-corrected chi connectivity index (χ4v) is 3.03. The van der Waals surface area contributed by atoms with Gasteiger partial charge in [0, 0.05) is 43.7 Å². The molecule has 1 heterocycles. The minimum atomic E-state index is -0.473. The zero-order valence-electron chi connectivity index (χ0n) is 16.3. The molecule has 150 valence electrons. The average molecular weight is 394 g/mol. The number of aliphatic imine (C=N–C) groups is 1. The summed E-state index contributed by atoms with van der Waals surface area (Å²) in [5.41, 5.74) is 2.83. The van der Waals surface area contributed by atoms with Gasteiger partial charge in [-0.05, 0) is 25.5 Å². The van der Waals surface area contributed by atoms with Crippen molar-refractivity contribution in [2.24, 2.45) is 4.99 Å². The van der Waals surface area contributed by atoms with Gasteiger partial charge in [-0.25, -0.2) is 4.68 Å². The molecule has 0 aliphatic rings. The molecule has 0 spiro atoms. The molecule has 29 heavy (non-hydrogen) atoms.